The van der Waals surface area contributed by atoms with Gasteiger partial charge in [0.1, 0.15) is 0 Å². The zero-order chi connectivity index (χ0) is 18.1. The van der Waals surface area contributed by atoms with Crippen molar-refractivity contribution in [2.45, 2.75) is 18.6 Å². The number of hydrogen-bond donors (Lipinski definition) is 1. The summed E-state index contributed by atoms with van der Waals surface area (Å²) in [6.45, 7) is 5.56. The fourth-order valence-corrected chi connectivity index (χ4v) is 3.71. The van der Waals surface area contributed by atoms with Gasteiger partial charge in [0, 0.05) is 37.6 Å². The second-order valence-corrected chi connectivity index (χ2v) is 7.20. The molecular weight excluding hydrogens is 348 g/mol. The van der Waals surface area contributed by atoms with Crippen molar-refractivity contribution >= 4 is 29.3 Å². The normalized spacial score (nSPS) is 17.2. The molecule has 0 saturated carbocycles. The number of rotatable bonds is 3. The molecule has 1 N–H and O–H groups in total. The van der Waals surface area contributed by atoms with E-state index in [0.717, 1.165) is 37.4 Å². The Morgan fingerprint density at radius 3 is 2.58 bits per heavy atom. The molecule has 1 fully saturated rings. The topological polar surface area (TPSA) is 66.3 Å². The van der Waals surface area contributed by atoms with E-state index in [4.69, 9.17) is 0 Å². The second-order valence-electron chi connectivity index (χ2n) is 6.42. The van der Waals surface area contributed by atoms with E-state index in [1.165, 1.54) is 17.4 Å². The third-order valence-electron chi connectivity index (χ3n) is 4.84. The largest absolute Gasteiger partial charge is 0.368 e. The van der Waals surface area contributed by atoms with Crippen LogP contribution in [0.25, 0.3) is 0 Å². The number of fused-ring (bicyclic) bond motifs is 1. The van der Waals surface area contributed by atoms with E-state index in [2.05, 4.69) is 32.4 Å². The van der Waals surface area contributed by atoms with E-state index < -0.39 is 0 Å². The summed E-state index contributed by atoms with van der Waals surface area (Å²) in [7, 11) is 0. The first-order chi connectivity index (χ1) is 12.7. The van der Waals surface area contributed by atoms with Gasteiger partial charge >= 0.3 is 0 Å². The summed E-state index contributed by atoms with van der Waals surface area (Å²) in [5.74, 6) is 0.798. The van der Waals surface area contributed by atoms with Crippen molar-refractivity contribution in [1.82, 2.24) is 19.7 Å². The van der Waals surface area contributed by atoms with E-state index in [0.29, 0.717) is 17.6 Å². The van der Waals surface area contributed by atoms with Crippen LogP contribution in [0.15, 0.2) is 46.8 Å². The lowest BCUT2D eigenvalue weighted by molar-refractivity contribution is -0.127. The van der Waals surface area contributed by atoms with Crippen molar-refractivity contribution in [1.29, 1.82) is 0 Å². The molecule has 2 aliphatic heterocycles. The van der Waals surface area contributed by atoms with Crippen molar-refractivity contribution in [3.63, 3.8) is 0 Å². The number of para-hydroxylation sites is 1. The van der Waals surface area contributed by atoms with Crippen LogP contribution in [0.4, 0.5) is 11.6 Å². The number of nitrogens with one attached hydrogen (secondary N) is 1. The molecule has 7 nitrogen and oxygen atoms in total. The lowest BCUT2D eigenvalue weighted by Crippen LogP contribution is -2.49. The van der Waals surface area contributed by atoms with E-state index in [-0.39, 0.29) is 5.91 Å². The summed E-state index contributed by atoms with van der Waals surface area (Å²) >= 11 is 1.50. The summed E-state index contributed by atoms with van der Waals surface area (Å²) in [6.07, 6.45) is 1.94. The highest BCUT2D eigenvalue weighted by Crippen LogP contribution is 2.24. The lowest BCUT2D eigenvalue weighted by atomic mass is 10.1. The maximum atomic E-state index is 13.0. The zero-order valence-electron chi connectivity index (χ0n) is 15.0. The van der Waals surface area contributed by atoms with Gasteiger partial charge in [0.2, 0.25) is 11.1 Å². The van der Waals surface area contributed by atoms with E-state index >= 15 is 0 Å². The molecular formula is C18H22N6OS. The predicted octanol–water partition coefficient (Wildman–Crippen LogP) is 2.05. The van der Waals surface area contributed by atoms with Gasteiger partial charge in [-0.3, -0.25) is 4.79 Å². The van der Waals surface area contributed by atoms with Gasteiger partial charge in [-0.05, 0) is 25.3 Å². The number of nitrogens with zero attached hydrogens (tertiary/aromatic N) is 5. The van der Waals surface area contributed by atoms with Gasteiger partial charge < -0.3 is 15.1 Å². The minimum absolute atomic E-state index is 0.0922. The van der Waals surface area contributed by atoms with Crippen molar-refractivity contribution < 1.29 is 4.79 Å². The first kappa shape index (κ1) is 17.0. The molecule has 0 bridgehead atoms. The summed E-state index contributed by atoms with van der Waals surface area (Å²) in [6, 6.07) is 10.4. The van der Waals surface area contributed by atoms with Gasteiger partial charge in [-0.25, -0.2) is 4.68 Å². The van der Waals surface area contributed by atoms with Gasteiger partial charge in [-0.2, -0.15) is 4.98 Å². The molecule has 8 heteroatoms. The smallest absolute Gasteiger partial charge is 0.253 e. The van der Waals surface area contributed by atoms with Crippen molar-refractivity contribution in [2.24, 2.45) is 0 Å². The number of hydrogen-bond acceptors (Lipinski definition) is 6. The highest BCUT2D eigenvalue weighted by Gasteiger charge is 2.28. The molecule has 1 aromatic carbocycles. The van der Waals surface area contributed by atoms with Crippen LogP contribution in [0.3, 0.4) is 0 Å². The number of aromatic nitrogens is 3. The van der Waals surface area contributed by atoms with E-state index in [1.807, 2.05) is 36.3 Å². The summed E-state index contributed by atoms with van der Waals surface area (Å²) in [4.78, 5) is 21.7. The standard InChI is InChI=1S/C18H22N6OS/c1-13-15(12-24-17(19-13)20-18(21-24)26-2)16(25)23-10-8-22(9-11-23)14-6-4-3-5-7-14/h3-7H,8-12H2,1-2H3,(H,19,20,21). The fraction of sp³-hybridized carbons (Fsp3) is 0.389. The number of carbonyl (C=O) groups excluding carboxylic acids is 1. The van der Waals surface area contributed by atoms with Crippen molar-refractivity contribution in [3.8, 4) is 0 Å². The molecule has 2 aromatic rings. The van der Waals surface area contributed by atoms with Gasteiger partial charge in [-0.1, -0.05) is 30.0 Å². The van der Waals surface area contributed by atoms with E-state index in [9.17, 15) is 4.79 Å². The van der Waals surface area contributed by atoms with Gasteiger partial charge in [-0.15, -0.1) is 5.10 Å². The monoisotopic (exact) mass is 370 g/mol. The molecule has 136 valence electrons. The highest BCUT2D eigenvalue weighted by atomic mass is 32.2. The van der Waals surface area contributed by atoms with Crippen LogP contribution in [0.2, 0.25) is 0 Å². The first-order valence-corrected chi connectivity index (χ1v) is 9.93. The van der Waals surface area contributed by atoms with Crippen LogP contribution < -0.4 is 10.2 Å². The molecule has 0 unspecified atom stereocenters. The Balaban J connectivity index is 1.43. The maximum Gasteiger partial charge on any atom is 0.253 e. The molecule has 0 radical (unpaired) electrons. The van der Waals surface area contributed by atoms with Crippen LogP contribution >= 0.6 is 11.8 Å². The third kappa shape index (κ3) is 3.16. The number of piperazine rings is 1. The molecule has 1 amide bonds. The molecule has 1 saturated heterocycles. The molecule has 0 aliphatic carbocycles. The summed E-state index contributed by atoms with van der Waals surface area (Å²) in [5.41, 5.74) is 2.85. The Bertz CT molecular complexity index is 839. The number of thioether (sulfide) groups is 1. The molecule has 0 atom stereocenters. The first-order valence-electron chi connectivity index (χ1n) is 8.70. The highest BCUT2D eigenvalue weighted by molar-refractivity contribution is 7.98. The molecule has 1 aromatic heterocycles. The van der Waals surface area contributed by atoms with Crippen molar-refractivity contribution in [2.75, 3.05) is 42.7 Å². The number of benzene rings is 1. The minimum atomic E-state index is 0.0922. The second kappa shape index (κ2) is 7.03. The molecule has 26 heavy (non-hydrogen) atoms. The number of amides is 1. The minimum Gasteiger partial charge on any atom is -0.368 e. The average molecular weight is 370 g/mol. The average Bonchev–Trinajstić information content (AvgIpc) is 3.09. The van der Waals surface area contributed by atoms with E-state index in [1.54, 1.807) is 4.68 Å². The predicted molar refractivity (Wildman–Crippen MR) is 103 cm³/mol. The number of allylic oxidation sites excluding steroid dienone is 1. The Kier molecular flexibility index (Phi) is 4.58. The summed E-state index contributed by atoms with van der Waals surface area (Å²) in [5, 5.41) is 8.36. The Morgan fingerprint density at radius 2 is 1.88 bits per heavy atom. The molecule has 3 heterocycles. The zero-order valence-corrected chi connectivity index (χ0v) is 15.8. The van der Waals surface area contributed by atoms with Crippen LogP contribution in [0.1, 0.15) is 6.92 Å². The molecule has 2 aliphatic rings. The third-order valence-corrected chi connectivity index (χ3v) is 5.38. The quantitative estimate of drug-likeness (QED) is 0.834. The molecule has 0 spiro atoms. The number of anilines is 2. The van der Waals surface area contributed by atoms with Gasteiger partial charge in [0.05, 0.1) is 12.1 Å². The molecule has 4 rings (SSSR count). The Morgan fingerprint density at radius 1 is 1.15 bits per heavy atom. The van der Waals surface area contributed by atoms with Gasteiger partial charge in [0.15, 0.2) is 0 Å². The fourth-order valence-electron chi connectivity index (χ4n) is 3.35. The Hall–Kier alpha value is -2.48. The summed E-state index contributed by atoms with van der Waals surface area (Å²) < 4.78 is 1.77. The van der Waals surface area contributed by atoms with Crippen LogP contribution in [0, 0.1) is 0 Å². The lowest BCUT2D eigenvalue weighted by Gasteiger charge is -2.37. The number of carbonyl (C=O) groups is 1. The van der Waals surface area contributed by atoms with Crippen LogP contribution in [0.5, 0.6) is 0 Å². The SMILES string of the molecule is CSc1nc2n(n1)CC(C(=O)N1CCN(c3ccccc3)CC1)=C(C)N2. The Labute approximate surface area is 157 Å². The van der Waals surface area contributed by atoms with Crippen LogP contribution in [-0.4, -0.2) is 58.0 Å². The van der Waals surface area contributed by atoms with Crippen molar-refractivity contribution in [3.05, 3.63) is 41.6 Å². The van der Waals surface area contributed by atoms with Gasteiger partial charge in [0.25, 0.3) is 5.91 Å². The maximum absolute atomic E-state index is 13.0. The van der Waals surface area contributed by atoms with Crippen LogP contribution in [-0.2, 0) is 11.3 Å².